The van der Waals surface area contributed by atoms with E-state index in [1.807, 2.05) is 37.3 Å². The number of rotatable bonds is 5. The van der Waals surface area contributed by atoms with E-state index in [1.54, 1.807) is 11.3 Å². The molecule has 1 aromatic heterocycles. The van der Waals surface area contributed by atoms with Crippen LogP contribution < -0.4 is 10.5 Å². The summed E-state index contributed by atoms with van der Waals surface area (Å²) < 4.78 is 6.82. The van der Waals surface area contributed by atoms with Crippen molar-refractivity contribution in [1.29, 1.82) is 0 Å². The molecule has 5 heteroatoms. The van der Waals surface area contributed by atoms with Gasteiger partial charge in [0, 0.05) is 10.9 Å². The predicted molar refractivity (Wildman–Crippen MR) is 85.2 cm³/mol. The number of nitrogens with two attached hydrogens (primary N) is 1. The first-order chi connectivity index (χ1) is 9.04. The molecular weight excluding hydrogens is 346 g/mol. The molecule has 1 aromatic carbocycles. The highest BCUT2D eigenvalue weighted by atomic mass is 79.9. The normalized spacial score (nSPS) is 12.4. The second kappa shape index (κ2) is 6.75. The van der Waals surface area contributed by atoms with E-state index < -0.39 is 0 Å². The van der Waals surface area contributed by atoms with E-state index in [2.05, 4.69) is 15.9 Å². The molecule has 0 aliphatic rings. The van der Waals surface area contributed by atoms with Crippen molar-refractivity contribution >= 4 is 38.9 Å². The Morgan fingerprint density at radius 1 is 1.37 bits per heavy atom. The van der Waals surface area contributed by atoms with Gasteiger partial charge in [-0.1, -0.05) is 17.7 Å². The van der Waals surface area contributed by atoms with E-state index in [0.29, 0.717) is 17.4 Å². The minimum absolute atomic E-state index is 0.131. The van der Waals surface area contributed by atoms with Crippen molar-refractivity contribution in [2.45, 2.75) is 26.0 Å². The summed E-state index contributed by atoms with van der Waals surface area (Å²) in [5, 5.41) is 0.633. The Balaban J connectivity index is 2.00. The maximum Gasteiger partial charge on any atom is 0.138 e. The molecule has 0 aliphatic carbocycles. The number of hydrogen-bond acceptors (Lipinski definition) is 3. The molecule has 0 amide bonds. The minimum atomic E-state index is 0.131. The molecule has 0 radical (unpaired) electrons. The first kappa shape index (κ1) is 14.9. The van der Waals surface area contributed by atoms with Gasteiger partial charge in [-0.05, 0) is 59.1 Å². The summed E-state index contributed by atoms with van der Waals surface area (Å²) in [6, 6.07) is 10.0. The SMILES string of the molecule is CC(N)Cc1ccc(OCc2ccc(Br)s2)c(Cl)c1. The lowest BCUT2D eigenvalue weighted by atomic mass is 10.1. The maximum absolute atomic E-state index is 6.21. The minimum Gasteiger partial charge on any atom is -0.487 e. The van der Waals surface area contributed by atoms with Crippen LogP contribution in [0.2, 0.25) is 5.02 Å². The van der Waals surface area contributed by atoms with E-state index in [-0.39, 0.29) is 6.04 Å². The smallest absolute Gasteiger partial charge is 0.138 e. The van der Waals surface area contributed by atoms with Crippen molar-refractivity contribution in [3.8, 4) is 5.75 Å². The van der Waals surface area contributed by atoms with Crippen LogP contribution in [-0.2, 0) is 13.0 Å². The molecule has 0 bridgehead atoms. The van der Waals surface area contributed by atoms with E-state index in [4.69, 9.17) is 22.1 Å². The second-order valence-corrected chi connectivity index (χ2v) is 7.40. The number of ether oxygens (including phenoxy) is 1. The van der Waals surface area contributed by atoms with Crippen molar-refractivity contribution in [2.24, 2.45) is 5.73 Å². The Kier molecular flexibility index (Phi) is 5.28. The van der Waals surface area contributed by atoms with Gasteiger partial charge in [0.1, 0.15) is 12.4 Å². The third kappa shape index (κ3) is 4.49. The summed E-state index contributed by atoms with van der Waals surface area (Å²) in [5.41, 5.74) is 6.90. The fourth-order valence-electron chi connectivity index (χ4n) is 1.74. The van der Waals surface area contributed by atoms with Crippen molar-refractivity contribution in [3.63, 3.8) is 0 Å². The van der Waals surface area contributed by atoms with Crippen LogP contribution in [0, 0.1) is 0 Å². The van der Waals surface area contributed by atoms with Crippen LogP contribution in [-0.4, -0.2) is 6.04 Å². The average molecular weight is 361 g/mol. The van der Waals surface area contributed by atoms with Crippen LogP contribution in [0.1, 0.15) is 17.4 Å². The van der Waals surface area contributed by atoms with E-state index in [9.17, 15) is 0 Å². The van der Waals surface area contributed by atoms with Crippen LogP contribution in [0.4, 0.5) is 0 Å². The third-order valence-electron chi connectivity index (χ3n) is 2.55. The van der Waals surface area contributed by atoms with Gasteiger partial charge < -0.3 is 10.5 Å². The zero-order chi connectivity index (χ0) is 13.8. The summed E-state index contributed by atoms with van der Waals surface area (Å²) in [6.07, 6.45) is 0.817. The van der Waals surface area contributed by atoms with Crippen LogP contribution >= 0.6 is 38.9 Å². The highest BCUT2D eigenvalue weighted by Crippen LogP contribution is 2.28. The zero-order valence-electron chi connectivity index (χ0n) is 10.5. The molecule has 2 nitrogen and oxygen atoms in total. The van der Waals surface area contributed by atoms with Gasteiger partial charge in [0.2, 0.25) is 0 Å². The molecule has 0 saturated carbocycles. The zero-order valence-corrected chi connectivity index (χ0v) is 13.7. The van der Waals surface area contributed by atoms with Gasteiger partial charge in [-0.2, -0.15) is 0 Å². The van der Waals surface area contributed by atoms with Crippen LogP contribution in [0.3, 0.4) is 0 Å². The maximum atomic E-state index is 6.21. The third-order valence-corrected chi connectivity index (χ3v) is 4.45. The molecule has 1 atom stereocenters. The number of thiophene rings is 1. The first-order valence-corrected chi connectivity index (χ1v) is 7.94. The van der Waals surface area contributed by atoms with E-state index in [0.717, 1.165) is 20.6 Å². The Morgan fingerprint density at radius 2 is 2.16 bits per heavy atom. The van der Waals surface area contributed by atoms with E-state index >= 15 is 0 Å². The van der Waals surface area contributed by atoms with Crippen molar-refractivity contribution < 1.29 is 4.74 Å². The van der Waals surface area contributed by atoms with Crippen molar-refractivity contribution in [1.82, 2.24) is 0 Å². The van der Waals surface area contributed by atoms with Gasteiger partial charge in [0.05, 0.1) is 8.81 Å². The standard InChI is InChI=1S/C14H15BrClNOS/c1-9(17)6-10-2-4-13(12(16)7-10)18-8-11-3-5-14(15)19-11/h2-5,7,9H,6,8,17H2,1H3. The fourth-order valence-corrected chi connectivity index (χ4v) is 3.39. The molecule has 0 aliphatic heterocycles. The van der Waals surface area contributed by atoms with Crippen LogP contribution in [0.5, 0.6) is 5.75 Å². The Hall–Kier alpha value is -0.550. The predicted octanol–water partition coefficient (Wildman–Crippen LogP) is 4.63. The molecule has 2 rings (SSSR count). The lowest BCUT2D eigenvalue weighted by Gasteiger charge is -2.10. The van der Waals surface area contributed by atoms with Gasteiger partial charge in [-0.3, -0.25) is 0 Å². The van der Waals surface area contributed by atoms with Crippen LogP contribution in [0.25, 0.3) is 0 Å². The highest BCUT2D eigenvalue weighted by Gasteiger charge is 2.06. The molecule has 19 heavy (non-hydrogen) atoms. The van der Waals surface area contributed by atoms with Crippen LogP contribution in [0.15, 0.2) is 34.1 Å². The molecule has 2 aromatic rings. The molecular formula is C14H15BrClNOS. The molecule has 2 N–H and O–H groups in total. The molecule has 102 valence electrons. The monoisotopic (exact) mass is 359 g/mol. The average Bonchev–Trinajstić information content (AvgIpc) is 2.73. The molecule has 0 fully saturated rings. The van der Waals surface area contributed by atoms with Gasteiger partial charge in [0.15, 0.2) is 0 Å². The highest BCUT2D eigenvalue weighted by molar-refractivity contribution is 9.11. The summed E-state index contributed by atoms with van der Waals surface area (Å²) in [5.74, 6) is 0.708. The lowest BCUT2D eigenvalue weighted by Crippen LogP contribution is -2.17. The first-order valence-electron chi connectivity index (χ1n) is 5.95. The molecule has 0 saturated heterocycles. The van der Waals surface area contributed by atoms with Gasteiger partial charge in [-0.15, -0.1) is 11.3 Å². The lowest BCUT2D eigenvalue weighted by molar-refractivity contribution is 0.310. The molecule has 1 unspecified atom stereocenters. The second-order valence-electron chi connectivity index (χ2n) is 4.44. The summed E-state index contributed by atoms with van der Waals surface area (Å²) in [6.45, 7) is 2.51. The Bertz CT molecular complexity index is 556. The number of benzene rings is 1. The quantitative estimate of drug-likeness (QED) is 0.843. The Morgan fingerprint density at radius 3 is 2.74 bits per heavy atom. The fraction of sp³-hybridized carbons (Fsp3) is 0.286. The van der Waals surface area contributed by atoms with Crippen molar-refractivity contribution in [2.75, 3.05) is 0 Å². The van der Waals surface area contributed by atoms with Gasteiger partial charge in [-0.25, -0.2) is 0 Å². The largest absolute Gasteiger partial charge is 0.487 e. The van der Waals surface area contributed by atoms with Gasteiger partial charge >= 0.3 is 0 Å². The topological polar surface area (TPSA) is 35.2 Å². The van der Waals surface area contributed by atoms with Crippen molar-refractivity contribution in [3.05, 3.63) is 49.6 Å². The molecule has 0 spiro atoms. The van der Waals surface area contributed by atoms with Gasteiger partial charge in [0.25, 0.3) is 0 Å². The molecule has 1 heterocycles. The Labute approximate surface area is 130 Å². The summed E-state index contributed by atoms with van der Waals surface area (Å²) in [7, 11) is 0. The van der Waals surface area contributed by atoms with E-state index in [1.165, 1.54) is 0 Å². The summed E-state index contributed by atoms with van der Waals surface area (Å²) in [4.78, 5) is 1.16. The summed E-state index contributed by atoms with van der Waals surface area (Å²) >= 11 is 11.3. The number of halogens is 2. The number of hydrogen-bond donors (Lipinski definition) is 1.